The van der Waals surface area contributed by atoms with Crippen LogP contribution in [0.4, 0.5) is 0 Å². The Morgan fingerprint density at radius 3 is 2.70 bits per heavy atom. The Morgan fingerprint density at radius 2 is 2.00 bits per heavy atom. The Morgan fingerprint density at radius 1 is 1.20 bits per heavy atom. The molecule has 0 amide bonds. The molecule has 0 radical (unpaired) electrons. The van der Waals surface area contributed by atoms with Crippen LogP contribution in [0.2, 0.25) is 0 Å². The van der Waals surface area contributed by atoms with Crippen LogP contribution >= 0.6 is 35.3 Å². The van der Waals surface area contributed by atoms with Gasteiger partial charge in [-0.05, 0) is 61.8 Å². The van der Waals surface area contributed by atoms with E-state index in [2.05, 4.69) is 69.4 Å². The Labute approximate surface area is 202 Å². The van der Waals surface area contributed by atoms with Gasteiger partial charge in [0.1, 0.15) is 0 Å². The average Bonchev–Trinajstić information content (AvgIpc) is 3.27. The molecule has 2 unspecified atom stereocenters. The molecule has 1 aliphatic heterocycles. The van der Waals surface area contributed by atoms with Crippen LogP contribution in [0.5, 0.6) is 0 Å². The fraction of sp³-hybridized carbons (Fsp3) is 0.522. The molecule has 1 aromatic heterocycles. The van der Waals surface area contributed by atoms with E-state index in [0.29, 0.717) is 18.6 Å². The molecule has 2 aromatic rings. The Kier molecular flexibility index (Phi) is 11.1. The number of thiophene rings is 1. The van der Waals surface area contributed by atoms with Gasteiger partial charge in [-0.25, -0.2) is 0 Å². The van der Waals surface area contributed by atoms with Crippen molar-refractivity contribution in [2.45, 2.75) is 39.0 Å². The van der Waals surface area contributed by atoms with E-state index in [1.165, 1.54) is 35.4 Å². The fourth-order valence-electron chi connectivity index (χ4n) is 4.09. The van der Waals surface area contributed by atoms with Gasteiger partial charge >= 0.3 is 0 Å². The smallest absolute Gasteiger partial charge is 0.191 e. The maximum absolute atomic E-state index is 5.60. The zero-order valence-electron chi connectivity index (χ0n) is 18.3. The number of likely N-dealkylation sites (tertiary alicyclic amines) is 1. The molecule has 0 aliphatic carbocycles. The van der Waals surface area contributed by atoms with Crippen LogP contribution in [0.25, 0.3) is 0 Å². The fourth-order valence-corrected chi connectivity index (χ4v) is 5.08. The van der Waals surface area contributed by atoms with Crippen molar-refractivity contribution in [3.63, 3.8) is 0 Å². The van der Waals surface area contributed by atoms with Crippen LogP contribution in [0.3, 0.4) is 0 Å². The minimum absolute atomic E-state index is 0. The lowest BCUT2D eigenvalue weighted by Gasteiger charge is -2.39. The summed E-state index contributed by atoms with van der Waals surface area (Å²) < 4.78 is 5.60. The van der Waals surface area contributed by atoms with E-state index >= 15 is 0 Å². The van der Waals surface area contributed by atoms with Gasteiger partial charge in [0.25, 0.3) is 0 Å². The molecule has 1 fully saturated rings. The second kappa shape index (κ2) is 13.3. The summed E-state index contributed by atoms with van der Waals surface area (Å²) in [6.45, 7) is 6.24. The largest absolute Gasteiger partial charge is 0.377 e. The highest BCUT2D eigenvalue weighted by Gasteiger charge is 2.31. The van der Waals surface area contributed by atoms with E-state index in [4.69, 9.17) is 4.74 Å². The molecule has 0 bridgehead atoms. The standard InChI is InChI=1S/C23H34N4OS.HI/c1-4-28-17-20-10-6-5-9-18(20)15-25-23(24-2)26-16-19-11-7-13-27(3)22(19)21-12-8-14-29-21;/h5-6,8-10,12,14,19,22H,4,7,11,13,15-17H2,1-3H3,(H2,24,25,26);1H. The van der Waals surface area contributed by atoms with E-state index in [9.17, 15) is 0 Å². The third kappa shape index (κ3) is 6.93. The van der Waals surface area contributed by atoms with E-state index in [-0.39, 0.29) is 24.0 Å². The van der Waals surface area contributed by atoms with Crippen molar-refractivity contribution in [2.75, 3.05) is 33.8 Å². The highest BCUT2D eigenvalue weighted by Crippen LogP contribution is 2.36. The van der Waals surface area contributed by atoms with Gasteiger partial charge in [0, 0.05) is 37.7 Å². The molecule has 1 aliphatic rings. The Balaban J connectivity index is 0.00000320. The van der Waals surface area contributed by atoms with Crippen molar-refractivity contribution < 1.29 is 4.74 Å². The molecule has 2 N–H and O–H groups in total. The zero-order valence-corrected chi connectivity index (χ0v) is 21.4. The molecule has 5 nitrogen and oxygen atoms in total. The first-order valence-corrected chi connectivity index (χ1v) is 11.4. The molecule has 1 saturated heterocycles. The maximum atomic E-state index is 5.60. The lowest BCUT2D eigenvalue weighted by atomic mass is 9.88. The maximum Gasteiger partial charge on any atom is 0.191 e. The van der Waals surface area contributed by atoms with Crippen molar-refractivity contribution in [3.05, 3.63) is 57.8 Å². The van der Waals surface area contributed by atoms with Crippen LogP contribution in [0.15, 0.2) is 46.8 Å². The molecule has 3 rings (SSSR count). The molecule has 166 valence electrons. The third-order valence-corrected chi connectivity index (χ3v) is 6.57. The first kappa shape index (κ1) is 25.1. The number of hydrogen-bond acceptors (Lipinski definition) is 4. The number of guanidine groups is 1. The first-order chi connectivity index (χ1) is 14.2. The summed E-state index contributed by atoms with van der Waals surface area (Å²) in [6.07, 6.45) is 2.50. The summed E-state index contributed by atoms with van der Waals surface area (Å²) in [5, 5.41) is 9.23. The topological polar surface area (TPSA) is 48.9 Å². The van der Waals surface area contributed by atoms with Crippen molar-refractivity contribution in [2.24, 2.45) is 10.9 Å². The molecule has 2 heterocycles. The molecular weight excluding hydrogens is 507 g/mol. The summed E-state index contributed by atoms with van der Waals surface area (Å²) >= 11 is 1.87. The molecule has 0 spiro atoms. The van der Waals surface area contributed by atoms with E-state index in [1.54, 1.807) is 0 Å². The monoisotopic (exact) mass is 542 g/mol. The van der Waals surface area contributed by atoms with Gasteiger partial charge in [-0.1, -0.05) is 30.3 Å². The number of nitrogens with one attached hydrogen (secondary N) is 2. The summed E-state index contributed by atoms with van der Waals surface area (Å²) in [5.74, 6) is 1.44. The predicted octanol–water partition coefficient (Wildman–Crippen LogP) is 4.65. The lowest BCUT2D eigenvalue weighted by molar-refractivity contribution is 0.125. The normalized spacial score (nSPS) is 19.9. The van der Waals surface area contributed by atoms with Crippen molar-refractivity contribution in [1.82, 2.24) is 15.5 Å². The minimum Gasteiger partial charge on any atom is -0.377 e. The number of halogens is 1. The van der Waals surface area contributed by atoms with Crippen molar-refractivity contribution >= 4 is 41.3 Å². The highest BCUT2D eigenvalue weighted by atomic mass is 127. The summed E-state index contributed by atoms with van der Waals surface area (Å²) in [5.41, 5.74) is 2.47. The van der Waals surface area contributed by atoms with Crippen molar-refractivity contribution in [1.29, 1.82) is 0 Å². The van der Waals surface area contributed by atoms with E-state index < -0.39 is 0 Å². The SMILES string of the molecule is CCOCc1ccccc1CNC(=NC)NCC1CCCN(C)C1c1cccs1.I. The van der Waals surface area contributed by atoms with Gasteiger partial charge in [0.15, 0.2) is 5.96 Å². The van der Waals surface area contributed by atoms with Gasteiger partial charge in [-0.3, -0.25) is 9.89 Å². The summed E-state index contributed by atoms with van der Waals surface area (Å²) in [4.78, 5) is 8.40. The molecule has 1 aromatic carbocycles. The van der Waals surface area contributed by atoms with Crippen LogP contribution in [0.1, 0.15) is 41.8 Å². The minimum atomic E-state index is 0. The third-order valence-electron chi connectivity index (χ3n) is 5.62. The quantitative estimate of drug-likeness (QED) is 0.290. The second-order valence-electron chi connectivity index (χ2n) is 7.56. The van der Waals surface area contributed by atoms with Gasteiger partial charge < -0.3 is 15.4 Å². The number of rotatable bonds is 8. The molecular formula is C23H35IN4OS. The predicted molar refractivity (Wildman–Crippen MR) is 138 cm³/mol. The number of nitrogens with zero attached hydrogens (tertiary/aromatic N) is 2. The Hall–Kier alpha value is -1.16. The first-order valence-electron chi connectivity index (χ1n) is 10.6. The number of ether oxygens (including phenoxy) is 1. The van der Waals surface area contributed by atoms with Gasteiger partial charge in [-0.15, -0.1) is 35.3 Å². The van der Waals surface area contributed by atoms with Crippen LogP contribution in [0, 0.1) is 5.92 Å². The molecule has 7 heteroatoms. The molecule has 0 saturated carbocycles. The van der Waals surface area contributed by atoms with Gasteiger partial charge in [-0.2, -0.15) is 0 Å². The van der Waals surface area contributed by atoms with Gasteiger partial charge in [0.2, 0.25) is 0 Å². The summed E-state index contributed by atoms with van der Waals surface area (Å²) in [7, 11) is 4.09. The van der Waals surface area contributed by atoms with Crippen LogP contribution < -0.4 is 10.6 Å². The highest BCUT2D eigenvalue weighted by molar-refractivity contribution is 14.0. The number of hydrogen-bond donors (Lipinski definition) is 2. The van der Waals surface area contributed by atoms with E-state index in [0.717, 1.165) is 25.7 Å². The number of benzene rings is 1. The van der Waals surface area contributed by atoms with Gasteiger partial charge in [0.05, 0.1) is 6.61 Å². The lowest BCUT2D eigenvalue weighted by Crippen LogP contribution is -2.44. The van der Waals surface area contributed by atoms with E-state index in [1.807, 2.05) is 25.3 Å². The molecule has 30 heavy (non-hydrogen) atoms. The average molecular weight is 543 g/mol. The zero-order chi connectivity index (χ0) is 20.5. The molecule has 2 atom stereocenters. The van der Waals surface area contributed by atoms with Crippen LogP contribution in [-0.4, -0.2) is 44.7 Å². The summed E-state index contributed by atoms with van der Waals surface area (Å²) in [6, 6.07) is 13.3. The number of piperidine rings is 1. The van der Waals surface area contributed by atoms with Crippen molar-refractivity contribution in [3.8, 4) is 0 Å². The number of aliphatic imine (C=N–C) groups is 1. The second-order valence-corrected chi connectivity index (χ2v) is 8.53. The van der Waals surface area contributed by atoms with Crippen LogP contribution in [-0.2, 0) is 17.9 Å². The Bertz CT molecular complexity index is 768.